The summed E-state index contributed by atoms with van der Waals surface area (Å²) in [5.41, 5.74) is 1.40. The Morgan fingerprint density at radius 2 is 1.54 bits per heavy atom. The van der Waals surface area contributed by atoms with Crippen LogP contribution in [0.3, 0.4) is 0 Å². The summed E-state index contributed by atoms with van der Waals surface area (Å²) in [4.78, 5) is 0. The second-order valence-corrected chi connectivity index (χ2v) is 8.25. The summed E-state index contributed by atoms with van der Waals surface area (Å²) in [6, 6.07) is 8.58. The van der Waals surface area contributed by atoms with E-state index in [1.807, 2.05) is 6.07 Å². The summed E-state index contributed by atoms with van der Waals surface area (Å²) in [5, 5.41) is 0. The lowest BCUT2D eigenvalue weighted by Gasteiger charge is -2.07. The van der Waals surface area contributed by atoms with E-state index in [0.717, 1.165) is 12.4 Å². The molecule has 0 spiro atoms. The molecule has 1 aromatic carbocycles. The first kappa shape index (κ1) is 23.0. The Hall–Kier alpha value is -1.28. The summed E-state index contributed by atoms with van der Waals surface area (Å²) in [7, 11) is 0. The van der Waals surface area contributed by atoms with Crippen LogP contribution in [0, 0.1) is 0 Å². The lowest BCUT2D eigenvalue weighted by molar-refractivity contribution is 0.263. The number of benzene rings is 1. The van der Waals surface area contributed by atoms with Gasteiger partial charge in [0.1, 0.15) is 18.5 Å². The van der Waals surface area contributed by atoms with Gasteiger partial charge in [0.15, 0.2) is 0 Å². The van der Waals surface area contributed by atoms with Crippen molar-refractivity contribution >= 4 is 0 Å². The number of aryl methyl sites for hydroxylation is 1. The number of hydrogen-bond acceptors (Lipinski definition) is 2. The Labute approximate surface area is 173 Å². The second kappa shape index (κ2) is 15.6. The van der Waals surface area contributed by atoms with Gasteiger partial charge in [-0.05, 0) is 56.2 Å². The van der Waals surface area contributed by atoms with Crippen molar-refractivity contribution in [3.8, 4) is 5.75 Å². The highest BCUT2D eigenvalue weighted by molar-refractivity contribution is 5.28. The molecule has 0 saturated carbocycles. The third-order valence-corrected chi connectivity index (χ3v) is 5.46. The van der Waals surface area contributed by atoms with E-state index in [2.05, 4.69) is 37.3 Å². The highest BCUT2D eigenvalue weighted by Gasteiger charge is 2.22. The molecule has 1 fully saturated rings. The second-order valence-electron chi connectivity index (χ2n) is 8.25. The smallest absolute Gasteiger partial charge is 0.119 e. The van der Waals surface area contributed by atoms with Crippen molar-refractivity contribution in [1.82, 2.24) is 0 Å². The van der Waals surface area contributed by atoms with Crippen molar-refractivity contribution in [3.63, 3.8) is 0 Å². The largest absolute Gasteiger partial charge is 0.491 e. The van der Waals surface area contributed by atoms with Crippen LogP contribution in [-0.4, -0.2) is 19.3 Å². The molecule has 0 N–H and O–H groups in total. The fourth-order valence-electron chi connectivity index (χ4n) is 3.54. The maximum Gasteiger partial charge on any atom is 0.119 e. The number of epoxide rings is 1. The monoisotopic (exact) mass is 386 g/mol. The van der Waals surface area contributed by atoms with Crippen molar-refractivity contribution < 1.29 is 9.47 Å². The van der Waals surface area contributed by atoms with Gasteiger partial charge >= 0.3 is 0 Å². The molecule has 0 aromatic heterocycles. The minimum Gasteiger partial charge on any atom is -0.491 e. The fourth-order valence-corrected chi connectivity index (χ4v) is 3.54. The van der Waals surface area contributed by atoms with Crippen molar-refractivity contribution in [1.29, 1.82) is 0 Å². The SMILES string of the molecule is CCCCC/C=C/CCCCCCCCCCc1cccc(OCC2CO2)c1. The first-order valence-corrected chi connectivity index (χ1v) is 11.9. The van der Waals surface area contributed by atoms with E-state index in [1.165, 1.54) is 95.5 Å². The van der Waals surface area contributed by atoms with Gasteiger partial charge < -0.3 is 9.47 Å². The van der Waals surface area contributed by atoms with Gasteiger partial charge in [-0.3, -0.25) is 0 Å². The molecular weight excluding hydrogens is 344 g/mol. The predicted octanol–water partition coefficient (Wildman–Crippen LogP) is 7.65. The van der Waals surface area contributed by atoms with Crippen LogP contribution in [-0.2, 0) is 11.2 Å². The average Bonchev–Trinajstić information content (AvgIpc) is 3.54. The molecule has 1 unspecified atom stereocenters. The first-order chi connectivity index (χ1) is 13.9. The lowest BCUT2D eigenvalue weighted by atomic mass is 10.0. The van der Waals surface area contributed by atoms with E-state index in [9.17, 15) is 0 Å². The summed E-state index contributed by atoms with van der Waals surface area (Å²) < 4.78 is 11.0. The van der Waals surface area contributed by atoms with E-state index in [0.29, 0.717) is 12.7 Å². The van der Waals surface area contributed by atoms with Gasteiger partial charge in [0, 0.05) is 0 Å². The van der Waals surface area contributed by atoms with Gasteiger partial charge in [-0.25, -0.2) is 0 Å². The first-order valence-electron chi connectivity index (χ1n) is 11.9. The molecule has 2 heteroatoms. The number of rotatable bonds is 18. The lowest BCUT2D eigenvalue weighted by Crippen LogP contribution is -2.04. The maximum absolute atomic E-state index is 5.77. The Balaban J connectivity index is 1.36. The summed E-state index contributed by atoms with van der Waals surface area (Å²) >= 11 is 0. The van der Waals surface area contributed by atoms with Gasteiger partial charge in [0.2, 0.25) is 0 Å². The van der Waals surface area contributed by atoms with Crippen LogP contribution in [0.1, 0.15) is 96.0 Å². The quantitative estimate of drug-likeness (QED) is 0.147. The van der Waals surface area contributed by atoms with Gasteiger partial charge in [0.05, 0.1) is 6.61 Å². The van der Waals surface area contributed by atoms with E-state index in [4.69, 9.17) is 9.47 Å². The molecule has 1 aromatic rings. The average molecular weight is 387 g/mol. The normalized spacial score (nSPS) is 16.0. The van der Waals surface area contributed by atoms with Crippen molar-refractivity contribution in [2.75, 3.05) is 13.2 Å². The van der Waals surface area contributed by atoms with Crippen molar-refractivity contribution in [2.24, 2.45) is 0 Å². The van der Waals surface area contributed by atoms with Crippen LogP contribution in [0.15, 0.2) is 36.4 Å². The number of ether oxygens (including phenoxy) is 2. The molecule has 28 heavy (non-hydrogen) atoms. The minimum absolute atomic E-state index is 0.329. The number of unbranched alkanes of at least 4 members (excludes halogenated alkanes) is 11. The molecule has 2 nitrogen and oxygen atoms in total. The predicted molar refractivity (Wildman–Crippen MR) is 120 cm³/mol. The molecule has 158 valence electrons. The third-order valence-electron chi connectivity index (χ3n) is 5.46. The Bertz CT molecular complexity index is 519. The van der Waals surface area contributed by atoms with Crippen molar-refractivity contribution in [2.45, 2.75) is 103 Å². The molecule has 1 heterocycles. The number of hydrogen-bond donors (Lipinski definition) is 0. The molecule has 1 aliphatic rings. The molecule has 1 atom stereocenters. The maximum atomic E-state index is 5.77. The number of allylic oxidation sites excluding steroid dienone is 2. The van der Waals surface area contributed by atoms with E-state index >= 15 is 0 Å². The van der Waals surface area contributed by atoms with Crippen LogP contribution in [0.2, 0.25) is 0 Å². The van der Waals surface area contributed by atoms with Crippen LogP contribution in [0.5, 0.6) is 5.75 Å². The minimum atomic E-state index is 0.329. The Morgan fingerprint density at radius 1 is 0.893 bits per heavy atom. The highest BCUT2D eigenvalue weighted by atomic mass is 16.6. The molecule has 0 radical (unpaired) electrons. The Kier molecular flexibility index (Phi) is 12.8. The van der Waals surface area contributed by atoms with Gasteiger partial charge in [0.25, 0.3) is 0 Å². The van der Waals surface area contributed by atoms with Crippen LogP contribution < -0.4 is 4.74 Å². The zero-order valence-corrected chi connectivity index (χ0v) is 18.2. The zero-order chi connectivity index (χ0) is 19.7. The zero-order valence-electron chi connectivity index (χ0n) is 18.2. The molecule has 1 aliphatic heterocycles. The standard InChI is InChI=1S/C26H42O2/c1-2-3-4-5-6-7-8-9-10-11-12-13-14-15-16-18-24-19-17-20-25(21-24)27-22-26-23-28-26/h6-7,17,19-21,26H,2-5,8-16,18,22-23H2,1H3/b7-6+. The highest BCUT2D eigenvalue weighted by Crippen LogP contribution is 2.18. The van der Waals surface area contributed by atoms with Crippen LogP contribution >= 0.6 is 0 Å². The van der Waals surface area contributed by atoms with Gasteiger partial charge in [-0.2, -0.15) is 0 Å². The molecule has 0 bridgehead atoms. The summed E-state index contributed by atoms with van der Waals surface area (Å²) in [5.74, 6) is 0.990. The molecule has 2 rings (SSSR count). The van der Waals surface area contributed by atoms with Crippen molar-refractivity contribution in [3.05, 3.63) is 42.0 Å². The van der Waals surface area contributed by atoms with E-state index in [-0.39, 0.29) is 0 Å². The molecule has 1 saturated heterocycles. The van der Waals surface area contributed by atoms with E-state index in [1.54, 1.807) is 0 Å². The molecular formula is C26H42O2. The Morgan fingerprint density at radius 3 is 2.21 bits per heavy atom. The van der Waals surface area contributed by atoms with Crippen LogP contribution in [0.4, 0.5) is 0 Å². The third kappa shape index (κ3) is 12.2. The van der Waals surface area contributed by atoms with E-state index < -0.39 is 0 Å². The summed E-state index contributed by atoms with van der Waals surface area (Å²) in [6.45, 7) is 3.82. The van der Waals surface area contributed by atoms with Crippen LogP contribution in [0.25, 0.3) is 0 Å². The topological polar surface area (TPSA) is 21.8 Å². The summed E-state index contributed by atoms with van der Waals surface area (Å²) in [6.07, 6.45) is 23.9. The molecule has 0 aliphatic carbocycles. The molecule has 0 amide bonds. The van der Waals surface area contributed by atoms with Gasteiger partial charge in [-0.1, -0.05) is 82.6 Å². The van der Waals surface area contributed by atoms with Gasteiger partial charge in [-0.15, -0.1) is 0 Å². The fraction of sp³-hybridized carbons (Fsp3) is 0.692.